The van der Waals surface area contributed by atoms with Gasteiger partial charge in [0.05, 0.1) is 10.6 Å². The molecule has 0 aliphatic heterocycles. The summed E-state index contributed by atoms with van der Waals surface area (Å²) in [5.74, 6) is -0.978. The zero-order valence-electron chi connectivity index (χ0n) is 10.5. The van der Waals surface area contributed by atoms with Crippen LogP contribution in [0.5, 0.6) is 0 Å². The summed E-state index contributed by atoms with van der Waals surface area (Å²) in [4.78, 5) is 11.8. The molecule has 18 heavy (non-hydrogen) atoms. The van der Waals surface area contributed by atoms with Crippen molar-refractivity contribution in [1.82, 2.24) is 0 Å². The van der Waals surface area contributed by atoms with Gasteiger partial charge in [-0.05, 0) is 26.0 Å². The molecule has 0 fully saturated rings. The minimum absolute atomic E-state index is 0.00191. The zero-order valence-corrected chi connectivity index (χ0v) is 12.1. The molecule has 0 aliphatic rings. The molecule has 1 aromatic carbocycles. The van der Waals surface area contributed by atoms with Gasteiger partial charge in [0.2, 0.25) is 0 Å². The molecule has 0 spiro atoms. The summed E-state index contributed by atoms with van der Waals surface area (Å²) in [6, 6.07) is 6.49. The van der Waals surface area contributed by atoms with E-state index in [0.29, 0.717) is 4.90 Å². The Labute approximate surface area is 111 Å². The van der Waals surface area contributed by atoms with Crippen LogP contribution in [-0.4, -0.2) is 30.0 Å². The average Bonchev–Trinajstić information content (AvgIpc) is 2.29. The van der Waals surface area contributed by atoms with Crippen molar-refractivity contribution in [1.29, 1.82) is 0 Å². The van der Waals surface area contributed by atoms with Gasteiger partial charge in [0, 0.05) is 4.90 Å². The molecule has 0 atom stereocenters. The van der Waals surface area contributed by atoms with Crippen LogP contribution in [0.15, 0.2) is 34.1 Å². The largest absolute Gasteiger partial charge is 0.480 e. The number of carboxylic acid groups (broad SMARTS) is 1. The smallest absolute Gasteiger partial charge is 0.319 e. The van der Waals surface area contributed by atoms with Crippen LogP contribution >= 0.6 is 11.8 Å². The average molecular weight is 288 g/mol. The molecule has 0 aromatic heterocycles. The van der Waals surface area contributed by atoms with Crippen molar-refractivity contribution in [2.24, 2.45) is 0 Å². The SMILES string of the molecule is CCS(=O)(=O)c1ccccc1SC(C)(C)C(=O)O. The summed E-state index contributed by atoms with van der Waals surface area (Å²) >= 11 is 1.04. The van der Waals surface area contributed by atoms with Gasteiger partial charge in [0.1, 0.15) is 4.75 Å². The number of thioether (sulfide) groups is 1. The van der Waals surface area contributed by atoms with Gasteiger partial charge in [-0.1, -0.05) is 19.1 Å². The third-order valence-electron chi connectivity index (χ3n) is 2.44. The third kappa shape index (κ3) is 3.26. The van der Waals surface area contributed by atoms with E-state index in [0.717, 1.165) is 11.8 Å². The van der Waals surface area contributed by atoms with Crippen molar-refractivity contribution < 1.29 is 18.3 Å². The van der Waals surface area contributed by atoms with E-state index in [4.69, 9.17) is 5.11 Å². The molecule has 0 saturated heterocycles. The fourth-order valence-electron chi connectivity index (χ4n) is 1.27. The Balaban J connectivity index is 3.24. The van der Waals surface area contributed by atoms with E-state index in [1.165, 1.54) is 6.07 Å². The molecule has 0 heterocycles. The minimum atomic E-state index is -3.34. The van der Waals surface area contributed by atoms with E-state index < -0.39 is 20.6 Å². The fraction of sp³-hybridized carbons (Fsp3) is 0.417. The van der Waals surface area contributed by atoms with E-state index in [1.54, 1.807) is 39.0 Å². The third-order valence-corrected chi connectivity index (χ3v) is 5.62. The maximum atomic E-state index is 11.9. The highest BCUT2D eigenvalue weighted by Crippen LogP contribution is 2.36. The van der Waals surface area contributed by atoms with E-state index in [9.17, 15) is 13.2 Å². The van der Waals surface area contributed by atoms with Crippen LogP contribution in [0.4, 0.5) is 0 Å². The Bertz CT molecular complexity index is 547. The van der Waals surface area contributed by atoms with Gasteiger partial charge < -0.3 is 5.11 Å². The van der Waals surface area contributed by atoms with Crippen LogP contribution in [0.25, 0.3) is 0 Å². The van der Waals surface area contributed by atoms with Crippen molar-refractivity contribution >= 4 is 27.6 Å². The molecule has 0 unspecified atom stereocenters. The first-order valence-electron chi connectivity index (χ1n) is 5.45. The van der Waals surface area contributed by atoms with E-state index >= 15 is 0 Å². The number of carbonyl (C=O) groups is 1. The van der Waals surface area contributed by atoms with Gasteiger partial charge in [0.15, 0.2) is 9.84 Å². The first kappa shape index (κ1) is 15.0. The lowest BCUT2D eigenvalue weighted by Crippen LogP contribution is -2.27. The van der Waals surface area contributed by atoms with Crippen molar-refractivity contribution in [3.8, 4) is 0 Å². The summed E-state index contributed by atoms with van der Waals surface area (Å²) in [7, 11) is -3.34. The number of hydrogen-bond donors (Lipinski definition) is 1. The van der Waals surface area contributed by atoms with Crippen molar-refractivity contribution in [2.75, 3.05) is 5.75 Å². The lowest BCUT2D eigenvalue weighted by molar-refractivity contribution is -0.138. The second-order valence-corrected chi connectivity index (χ2v) is 8.18. The molecule has 1 N–H and O–H groups in total. The first-order valence-corrected chi connectivity index (χ1v) is 7.92. The Morgan fingerprint density at radius 3 is 2.39 bits per heavy atom. The molecular formula is C12H16O4S2. The molecule has 0 bridgehead atoms. The normalized spacial score (nSPS) is 12.4. The van der Waals surface area contributed by atoms with Gasteiger partial charge in [0.25, 0.3) is 0 Å². The Kier molecular flexibility index (Phi) is 4.45. The summed E-state index contributed by atoms with van der Waals surface area (Å²) in [5.41, 5.74) is 0. The second-order valence-electron chi connectivity index (χ2n) is 4.27. The molecule has 4 nitrogen and oxygen atoms in total. The quantitative estimate of drug-likeness (QED) is 0.843. The summed E-state index contributed by atoms with van der Waals surface area (Å²) in [6.45, 7) is 4.67. The number of carboxylic acids is 1. The van der Waals surface area contributed by atoms with Crippen molar-refractivity contribution in [3.05, 3.63) is 24.3 Å². The lowest BCUT2D eigenvalue weighted by Gasteiger charge is -2.20. The molecule has 1 rings (SSSR count). The molecule has 0 saturated carbocycles. The number of aliphatic carboxylic acids is 1. The summed E-state index contributed by atoms with van der Waals surface area (Å²) < 4.78 is 22.8. The Hall–Kier alpha value is -1.01. The molecule has 0 amide bonds. The van der Waals surface area contributed by atoms with E-state index in [1.807, 2.05) is 0 Å². The van der Waals surface area contributed by atoms with Crippen LogP contribution in [0.1, 0.15) is 20.8 Å². The van der Waals surface area contributed by atoms with Crippen LogP contribution in [0.3, 0.4) is 0 Å². The molecule has 0 aliphatic carbocycles. The fourth-order valence-corrected chi connectivity index (χ4v) is 3.70. The number of hydrogen-bond acceptors (Lipinski definition) is 4. The second kappa shape index (κ2) is 5.32. The molecule has 100 valence electrons. The number of sulfone groups is 1. The maximum absolute atomic E-state index is 11.9. The van der Waals surface area contributed by atoms with Gasteiger partial charge >= 0.3 is 5.97 Å². The van der Waals surface area contributed by atoms with Crippen LogP contribution < -0.4 is 0 Å². The monoisotopic (exact) mass is 288 g/mol. The highest BCUT2D eigenvalue weighted by molar-refractivity contribution is 8.02. The number of rotatable bonds is 5. The van der Waals surface area contributed by atoms with Crippen LogP contribution in [0.2, 0.25) is 0 Å². The zero-order chi connectivity index (χ0) is 14.0. The summed E-state index contributed by atoms with van der Waals surface area (Å²) in [6.07, 6.45) is 0. The molecular weight excluding hydrogens is 272 g/mol. The highest BCUT2D eigenvalue weighted by Gasteiger charge is 2.30. The predicted octanol–water partition coefficient (Wildman–Crippen LogP) is 2.44. The van der Waals surface area contributed by atoms with Crippen molar-refractivity contribution in [3.63, 3.8) is 0 Å². The highest BCUT2D eigenvalue weighted by atomic mass is 32.2. The van der Waals surface area contributed by atoms with Crippen LogP contribution in [0, 0.1) is 0 Å². The van der Waals surface area contributed by atoms with E-state index in [-0.39, 0.29) is 10.6 Å². The topological polar surface area (TPSA) is 71.4 Å². The molecule has 1 aromatic rings. The van der Waals surface area contributed by atoms with Gasteiger partial charge in [-0.3, -0.25) is 4.79 Å². The van der Waals surface area contributed by atoms with Gasteiger partial charge in [-0.15, -0.1) is 11.8 Å². The molecule has 0 radical (unpaired) electrons. The standard InChI is InChI=1S/C12H16O4S2/c1-4-18(15,16)10-8-6-5-7-9(10)17-12(2,3)11(13)14/h5-8H,4H2,1-3H3,(H,13,14). The van der Waals surface area contributed by atoms with E-state index in [2.05, 4.69) is 0 Å². The van der Waals surface area contributed by atoms with Crippen LogP contribution in [-0.2, 0) is 14.6 Å². The van der Waals surface area contributed by atoms with Crippen molar-refractivity contribution in [2.45, 2.75) is 35.3 Å². The predicted molar refractivity (Wildman–Crippen MR) is 71.7 cm³/mol. The molecule has 6 heteroatoms. The Morgan fingerprint density at radius 2 is 1.89 bits per heavy atom. The van der Waals surface area contributed by atoms with Gasteiger partial charge in [-0.2, -0.15) is 0 Å². The maximum Gasteiger partial charge on any atom is 0.319 e. The first-order chi connectivity index (χ1) is 8.20. The number of benzene rings is 1. The Morgan fingerprint density at radius 1 is 1.33 bits per heavy atom. The van der Waals surface area contributed by atoms with Gasteiger partial charge in [-0.25, -0.2) is 8.42 Å². The minimum Gasteiger partial charge on any atom is -0.480 e. The lowest BCUT2D eigenvalue weighted by atomic mass is 10.2. The summed E-state index contributed by atoms with van der Waals surface area (Å²) in [5, 5.41) is 9.08.